The Morgan fingerprint density at radius 1 is 1.08 bits per heavy atom. The zero-order valence-electron chi connectivity index (χ0n) is 14.7. The van der Waals surface area contributed by atoms with Crippen molar-refractivity contribution in [1.29, 1.82) is 0 Å². The molecule has 2 fully saturated rings. The van der Waals surface area contributed by atoms with Crippen molar-refractivity contribution < 1.29 is 9.53 Å². The molecule has 1 saturated carbocycles. The van der Waals surface area contributed by atoms with Crippen LogP contribution in [0.4, 0.5) is 0 Å². The predicted octanol–water partition coefficient (Wildman–Crippen LogP) is 4.18. The van der Waals surface area contributed by atoms with Crippen LogP contribution < -0.4 is 4.74 Å². The molecule has 1 aliphatic carbocycles. The van der Waals surface area contributed by atoms with Crippen LogP contribution in [0.5, 0.6) is 5.88 Å². The van der Waals surface area contributed by atoms with Gasteiger partial charge in [-0.2, -0.15) is 0 Å². The van der Waals surface area contributed by atoms with E-state index in [-0.39, 0.29) is 6.10 Å². The summed E-state index contributed by atoms with van der Waals surface area (Å²) < 4.78 is 6.05. The van der Waals surface area contributed by atoms with E-state index in [2.05, 4.69) is 4.98 Å². The van der Waals surface area contributed by atoms with Crippen molar-refractivity contribution in [3.05, 3.63) is 36.4 Å². The van der Waals surface area contributed by atoms with Gasteiger partial charge in [0.05, 0.1) is 12.1 Å². The van der Waals surface area contributed by atoms with Crippen LogP contribution in [0.2, 0.25) is 0 Å². The molecule has 0 spiro atoms. The molecule has 25 heavy (non-hydrogen) atoms. The van der Waals surface area contributed by atoms with Crippen molar-refractivity contribution >= 4 is 16.8 Å². The summed E-state index contributed by atoms with van der Waals surface area (Å²) in [6.45, 7) is 1.50. The number of carbonyl (C=O) groups is 1. The molecule has 2 aliphatic rings. The fourth-order valence-electron chi connectivity index (χ4n) is 4.10. The number of pyridine rings is 1. The van der Waals surface area contributed by atoms with Gasteiger partial charge in [-0.05, 0) is 30.9 Å². The lowest BCUT2D eigenvalue weighted by molar-refractivity contribution is -0.131. The highest BCUT2D eigenvalue weighted by Gasteiger charge is 2.29. The molecule has 1 aliphatic heterocycles. The van der Waals surface area contributed by atoms with Crippen LogP contribution in [0.25, 0.3) is 10.9 Å². The topological polar surface area (TPSA) is 42.4 Å². The summed E-state index contributed by atoms with van der Waals surface area (Å²) in [7, 11) is 0. The number of ether oxygens (including phenoxy) is 1. The molecule has 4 heteroatoms. The maximum atomic E-state index is 12.5. The Hall–Kier alpha value is -2.10. The van der Waals surface area contributed by atoms with Gasteiger partial charge in [0.2, 0.25) is 11.8 Å². The number of benzene rings is 1. The molecule has 2 aromatic rings. The SMILES string of the molecule is O=C(CC1CCCCC1)N1CCC(Oc2ccc3ccccc3n2)C1. The normalized spacial score (nSPS) is 21.6. The molecule has 0 N–H and O–H groups in total. The Kier molecular flexibility index (Phi) is 4.86. The number of hydrogen-bond acceptors (Lipinski definition) is 3. The third-order valence-corrected chi connectivity index (χ3v) is 5.55. The Labute approximate surface area is 149 Å². The molecule has 1 saturated heterocycles. The third kappa shape index (κ3) is 3.94. The monoisotopic (exact) mass is 338 g/mol. The summed E-state index contributed by atoms with van der Waals surface area (Å²) in [4.78, 5) is 19.1. The smallest absolute Gasteiger partial charge is 0.222 e. The van der Waals surface area contributed by atoms with Crippen LogP contribution in [-0.2, 0) is 4.79 Å². The summed E-state index contributed by atoms with van der Waals surface area (Å²) in [6.07, 6.45) is 8.04. The Bertz CT molecular complexity index is 740. The largest absolute Gasteiger partial charge is 0.472 e. The molecular formula is C21H26N2O2. The van der Waals surface area contributed by atoms with E-state index in [4.69, 9.17) is 4.74 Å². The number of para-hydroxylation sites is 1. The minimum absolute atomic E-state index is 0.0592. The Balaban J connectivity index is 1.32. The molecule has 4 nitrogen and oxygen atoms in total. The van der Waals surface area contributed by atoms with Gasteiger partial charge in [-0.25, -0.2) is 4.98 Å². The van der Waals surface area contributed by atoms with E-state index in [1.54, 1.807) is 0 Å². The van der Waals surface area contributed by atoms with Gasteiger partial charge in [0.15, 0.2) is 0 Å². The van der Waals surface area contributed by atoms with Gasteiger partial charge in [-0.3, -0.25) is 4.79 Å². The molecular weight excluding hydrogens is 312 g/mol. The number of carbonyl (C=O) groups excluding carboxylic acids is 1. The van der Waals surface area contributed by atoms with Gasteiger partial charge in [-0.1, -0.05) is 37.5 Å². The van der Waals surface area contributed by atoms with Crippen LogP contribution in [0, 0.1) is 5.92 Å². The van der Waals surface area contributed by atoms with Gasteiger partial charge in [0, 0.05) is 30.8 Å². The first-order valence-corrected chi connectivity index (χ1v) is 9.58. The third-order valence-electron chi connectivity index (χ3n) is 5.55. The molecule has 1 aromatic heterocycles. The number of fused-ring (bicyclic) bond motifs is 1. The second kappa shape index (κ2) is 7.42. The van der Waals surface area contributed by atoms with E-state index in [0.717, 1.165) is 30.3 Å². The predicted molar refractivity (Wildman–Crippen MR) is 98.5 cm³/mol. The molecule has 1 unspecified atom stereocenters. The first kappa shape index (κ1) is 16.4. The van der Waals surface area contributed by atoms with E-state index >= 15 is 0 Å². The summed E-state index contributed by atoms with van der Waals surface area (Å²) in [5.74, 6) is 1.57. The van der Waals surface area contributed by atoms with Crippen molar-refractivity contribution in [2.45, 2.75) is 51.0 Å². The Morgan fingerprint density at radius 3 is 2.80 bits per heavy atom. The highest BCUT2D eigenvalue weighted by Crippen LogP contribution is 2.28. The average Bonchev–Trinajstić information content (AvgIpc) is 3.11. The molecule has 4 rings (SSSR count). The Morgan fingerprint density at radius 2 is 1.92 bits per heavy atom. The minimum Gasteiger partial charge on any atom is -0.472 e. The summed E-state index contributed by atoms with van der Waals surface area (Å²) in [5.41, 5.74) is 0.947. The van der Waals surface area contributed by atoms with Crippen LogP contribution in [0.3, 0.4) is 0 Å². The quantitative estimate of drug-likeness (QED) is 0.840. The fourth-order valence-corrected chi connectivity index (χ4v) is 4.10. The van der Waals surface area contributed by atoms with Gasteiger partial charge >= 0.3 is 0 Å². The number of amides is 1. The number of hydrogen-bond donors (Lipinski definition) is 0. The molecule has 1 amide bonds. The number of rotatable bonds is 4. The highest BCUT2D eigenvalue weighted by atomic mass is 16.5. The second-order valence-corrected chi connectivity index (χ2v) is 7.42. The van der Waals surface area contributed by atoms with Crippen molar-refractivity contribution in [1.82, 2.24) is 9.88 Å². The van der Waals surface area contributed by atoms with Crippen molar-refractivity contribution in [2.75, 3.05) is 13.1 Å². The first-order chi connectivity index (χ1) is 12.3. The number of aromatic nitrogens is 1. The average molecular weight is 338 g/mol. The fraction of sp³-hybridized carbons (Fsp3) is 0.524. The molecule has 1 aromatic carbocycles. The minimum atomic E-state index is 0.0592. The summed E-state index contributed by atoms with van der Waals surface area (Å²) >= 11 is 0. The van der Waals surface area contributed by atoms with Crippen LogP contribution in [0.15, 0.2) is 36.4 Å². The van der Waals surface area contributed by atoms with Gasteiger partial charge < -0.3 is 9.64 Å². The lowest BCUT2D eigenvalue weighted by Gasteiger charge is -2.24. The zero-order chi connectivity index (χ0) is 17.1. The van der Waals surface area contributed by atoms with E-state index in [1.807, 2.05) is 41.3 Å². The summed E-state index contributed by atoms with van der Waals surface area (Å²) in [5, 5.41) is 1.12. The highest BCUT2D eigenvalue weighted by molar-refractivity contribution is 5.79. The zero-order valence-corrected chi connectivity index (χ0v) is 14.7. The number of nitrogens with zero attached hydrogens (tertiary/aromatic N) is 2. The number of likely N-dealkylation sites (tertiary alicyclic amines) is 1. The van der Waals surface area contributed by atoms with Crippen molar-refractivity contribution in [2.24, 2.45) is 5.92 Å². The lowest BCUT2D eigenvalue weighted by Crippen LogP contribution is -2.32. The van der Waals surface area contributed by atoms with E-state index in [1.165, 1.54) is 32.1 Å². The summed E-state index contributed by atoms with van der Waals surface area (Å²) in [6, 6.07) is 12.0. The lowest BCUT2D eigenvalue weighted by atomic mass is 9.87. The van der Waals surface area contributed by atoms with E-state index in [9.17, 15) is 4.79 Å². The molecule has 1 atom stereocenters. The molecule has 0 bridgehead atoms. The van der Waals surface area contributed by atoms with Gasteiger partial charge in [0.1, 0.15) is 6.10 Å². The molecule has 0 radical (unpaired) electrons. The van der Waals surface area contributed by atoms with Crippen LogP contribution >= 0.6 is 0 Å². The van der Waals surface area contributed by atoms with Gasteiger partial charge in [-0.15, -0.1) is 0 Å². The van der Waals surface area contributed by atoms with Crippen LogP contribution in [-0.4, -0.2) is 35.0 Å². The van der Waals surface area contributed by atoms with E-state index in [0.29, 0.717) is 24.2 Å². The van der Waals surface area contributed by atoms with Crippen molar-refractivity contribution in [3.63, 3.8) is 0 Å². The standard InChI is InChI=1S/C21H26N2O2/c24-21(14-16-6-2-1-3-7-16)23-13-12-18(15-23)25-20-11-10-17-8-4-5-9-19(17)22-20/h4-5,8-11,16,18H,1-3,6-7,12-15H2. The maximum Gasteiger partial charge on any atom is 0.222 e. The molecule has 2 heterocycles. The van der Waals surface area contributed by atoms with Crippen molar-refractivity contribution in [3.8, 4) is 5.88 Å². The second-order valence-electron chi connectivity index (χ2n) is 7.42. The van der Waals surface area contributed by atoms with Crippen LogP contribution in [0.1, 0.15) is 44.9 Å². The van der Waals surface area contributed by atoms with Gasteiger partial charge in [0.25, 0.3) is 0 Å². The molecule has 132 valence electrons. The maximum absolute atomic E-state index is 12.5. The van der Waals surface area contributed by atoms with E-state index < -0.39 is 0 Å². The first-order valence-electron chi connectivity index (χ1n) is 9.58.